The average Bonchev–Trinajstić information content (AvgIpc) is 4.01. The molecule has 12 nitrogen and oxygen atoms in total. The molecule has 13 heteroatoms. The first-order valence-electron chi connectivity index (χ1n) is 25.1. The Hall–Kier alpha value is -6.89. The Morgan fingerprint density at radius 1 is 0.662 bits per heavy atom. The van der Waals surface area contributed by atoms with E-state index in [0.717, 1.165) is 33.6 Å². The van der Waals surface area contributed by atoms with Gasteiger partial charge in [-0.3, -0.25) is 28.8 Å². The number of benzene rings is 4. The lowest BCUT2D eigenvalue weighted by Crippen LogP contribution is -2.54. The van der Waals surface area contributed by atoms with Crippen LogP contribution >= 0.6 is 0 Å². The second-order valence-electron chi connectivity index (χ2n) is 20.7. The molecule has 2 unspecified atom stereocenters. The Kier molecular flexibility index (Phi) is 16.8. The van der Waals surface area contributed by atoms with Gasteiger partial charge in [-0.05, 0) is 122 Å². The molecule has 0 fully saturated rings. The van der Waals surface area contributed by atoms with Gasteiger partial charge in [0.25, 0.3) is 0 Å². The predicted molar refractivity (Wildman–Crippen MR) is 275 cm³/mol. The van der Waals surface area contributed by atoms with Crippen molar-refractivity contribution >= 4 is 46.8 Å². The molecule has 6 amide bonds. The van der Waals surface area contributed by atoms with Gasteiger partial charge in [0.2, 0.25) is 35.4 Å². The van der Waals surface area contributed by atoms with E-state index in [0.29, 0.717) is 82.7 Å². The molecule has 0 saturated carbocycles. The first-order chi connectivity index (χ1) is 34.0. The molecule has 374 valence electrons. The van der Waals surface area contributed by atoms with E-state index in [1.807, 2.05) is 131 Å². The topological polar surface area (TPSA) is 194 Å². The van der Waals surface area contributed by atoms with Crippen LogP contribution in [0.25, 0.3) is 0 Å². The highest BCUT2D eigenvalue weighted by molar-refractivity contribution is 6.02. The van der Waals surface area contributed by atoms with Crippen LogP contribution in [0.3, 0.4) is 0 Å². The highest BCUT2D eigenvalue weighted by Gasteiger charge is 2.50. The third-order valence-electron chi connectivity index (χ3n) is 14.8. The van der Waals surface area contributed by atoms with Gasteiger partial charge >= 0.3 is 0 Å². The number of nitrogens with two attached hydrogens (primary N) is 2. The fourth-order valence-corrected chi connectivity index (χ4v) is 10.9. The number of primary amides is 2. The normalized spacial score (nSPS) is 19.6. The van der Waals surface area contributed by atoms with Crippen LogP contribution in [0, 0.1) is 40.3 Å². The molecule has 4 aliphatic rings. The number of anilines is 2. The molecule has 2 heterocycles. The number of nitrogens with zero attached hydrogens (tertiary/aromatic N) is 1. The molecule has 4 aromatic carbocycles. The van der Waals surface area contributed by atoms with Crippen LogP contribution in [0.5, 0.6) is 0 Å². The van der Waals surface area contributed by atoms with Gasteiger partial charge < -0.3 is 32.3 Å². The van der Waals surface area contributed by atoms with Gasteiger partial charge in [-0.2, -0.15) is 0 Å². The van der Waals surface area contributed by atoms with Gasteiger partial charge in [0.1, 0.15) is 17.9 Å². The average molecular weight is 965 g/mol. The van der Waals surface area contributed by atoms with Crippen molar-refractivity contribution in [1.29, 1.82) is 0 Å². The number of nitrogens with one attached hydrogen (secondary N) is 3. The third-order valence-corrected chi connectivity index (χ3v) is 14.8. The lowest BCUT2D eigenvalue weighted by atomic mass is 9.69. The number of hydrogen-bond acceptors (Lipinski definition) is 6. The smallest absolute Gasteiger partial charge is 0.249 e. The number of halogens is 1. The minimum Gasteiger partial charge on any atom is -0.369 e. The van der Waals surface area contributed by atoms with Crippen LogP contribution in [-0.4, -0.2) is 47.5 Å². The minimum absolute atomic E-state index is 0.162. The molecular formula is C58H69FN6O6. The minimum atomic E-state index is -0.983. The number of aryl methyl sites for hydroxylation is 2. The number of fused-ring (bicyclic) bond motifs is 2. The number of carbonyl (C=O) groups excluding carboxylic acids is 6. The van der Waals surface area contributed by atoms with Gasteiger partial charge in [-0.25, -0.2) is 4.39 Å². The molecule has 8 rings (SSSR count). The third kappa shape index (κ3) is 12.0. The summed E-state index contributed by atoms with van der Waals surface area (Å²) in [6.45, 7) is 8.39. The van der Waals surface area contributed by atoms with Crippen molar-refractivity contribution in [3.8, 4) is 0 Å². The number of rotatable bonds is 16. The molecule has 4 aromatic rings. The maximum Gasteiger partial charge on any atom is 0.249 e. The summed E-state index contributed by atoms with van der Waals surface area (Å²) in [5, 5.41) is 8.88. The monoisotopic (exact) mass is 965 g/mol. The molecule has 7 N–H and O–H groups in total. The van der Waals surface area contributed by atoms with Crippen molar-refractivity contribution < 1.29 is 33.2 Å². The maximum atomic E-state index is 14.3. The van der Waals surface area contributed by atoms with E-state index < -0.39 is 46.6 Å². The van der Waals surface area contributed by atoms with E-state index in [4.69, 9.17) is 11.5 Å². The second kappa shape index (κ2) is 22.9. The quantitative estimate of drug-likeness (QED) is 0.0700. The van der Waals surface area contributed by atoms with E-state index in [-0.39, 0.29) is 41.3 Å². The lowest BCUT2D eigenvalue weighted by Gasteiger charge is -2.36. The van der Waals surface area contributed by atoms with Gasteiger partial charge in [-0.15, -0.1) is 0 Å². The summed E-state index contributed by atoms with van der Waals surface area (Å²) >= 11 is 0. The van der Waals surface area contributed by atoms with Crippen LogP contribution in [-0.2, 0) is 54.6 Å². The van der Waals surface area contributed by atoms with E-state index in [1.165, 1.54) is 6.07 Å². The van der Waals surface area contributed by atoms with Gasteiger partial charge in [0.05, 0.1) is 29.2 Å². The number of hydrogen-bond donors (Lipinski definition) is 5. The van der Waals surface area contributed by atoms with Crippen molar-refractivity contribution in [3.05, 3.63) is 155 Å². The summed E-state index contributed by atoms with van der Waals surface area (Å²) in [4.78, 5) is 80.9. The van der Waals surface area contributed by atoms with E-state index in [1.54, 1.807) is 17.0 Å². The molecule has 0 spiro atoms. The van der Waals surface area contributed by atoms with Crippen molar-refractivity contribution in [1.82, 2.24) is 10.6 Å². The molecule has 0 radical (unpaired) electrons. The van der Waals surface area contributed by atoms with Crippen LogP contribution in [0.15, 0.2) is 121 Å². The summed E-state index contributed by atoms with van der Waals surface area (Å²) in [5.74, 6) is -2.96. The summed E-state index contributed by atoms with van der Waals surface area (Å²) in [6.07, 6.45) is 13.2. The largest absolute Gasteiger partial charge is 0.369 e. The number of amides is 6. The number of carbonyl (C=O) groups is 6. The molecule has 71 heavy (non-hydrogen) atoms. The Morgan fingerprint density at radius 2 is 1.17 bits per heavy atom. The van der Waals surface area contributed by atoms with Crippen molar-refractivity contribution in [2.24, 2.45) is 46.0 Å². The Bertz CT molecular complexity index is 2660. The number of allylic oxidation sites excluding steroid dienone is 4. The second-order valence-corrected chi connectivity index (χ2v) is 20.7. The van der Waals surface area contributed by atoms with Crippen molar-refractivity contribution in [2.75, 3.05) is 10.2 Å². The molecule has 0 saturated heterocycles. The van der Waals surface area contributed by atoms with Gasteiger partial charge in [0.15, 0.2) is 0 Å². The van der Waals surface area contributed by atoms with Crippen LogP contribution < -0.4 is 32.3 Å². The van der Waals surface area contributed by atoms with Gasteiger partial charge in [0, 0.05) is 17.8 Å². The molecule has 0 bridgehead atoms. The lowest BCUT2D eigenvalue weighted by molar-refractivity contribution is -0.142. The number of para-hydroxylation sites is 2. The standard InChI is InChI=1S/C36H40FN3O3.C22H29N3O3/c1-24(2)20-29(36(35(38)43)18-7-8-19-36)33(41)39-31-17-16-27-12-4-6-15-32(27)40(34(31)42)23-26-11-9-10-25(21-26)22-28-13-3-5-14-30(28)37;1-14(2)13-16(22(21(23)28)11-5-6-12-22)19(26)25-18-10-9-15-7-3-4-8-17(15)24-20(18)27/h3-15,21,24,29,31H,16-20,22-23H2,1-2H3,(H2,38,43)(H,39,41);3-8,14,16,18H,9-13H2,1-2H3,(H2,23,28)(H,24,27)(H,25,26)/t29-,31?;16-,18?/m00/s1. The first kappa shape index (κ1) is 51.9. The van der Waals surface area contributed by atoms with E-state index in [9.17, 15) is 33.2 Å². The summed E-state index contributed by atoms with van der Waals surface area (Å²) < 4.78 is 14.3. The molecule has 4 atom stereocenters. The SMILES string of the molecule is CC(C)C[C@@H](C(=O)NC1CCc2ccccc2N(Cc2cccc(Cc3ccccc3F)c2)C1=O)C1(C(N)=O)CC=CC1.CC(C)C[C@@H](C(=O)NC1CCc2ccccc2NC1=O)C1(C(N)=O)CC=CC1. The first-order valence-corrected chi connectivity index (χ1v) is 25.1. The van der Waals surface area contributed by atoms with Crippen LogP contribution in [0.1, 0.15) is 107 Å². The zero-order chi connectivity index (χ0) is 50.9. The predicted octanol–water partition coefficient (Wildman–Crippen LogP) is 8.40. The molecular weight excluding hydrogens is 896 g/mol. The maximum absolute atomic E-state index is 14.3. The van der Waals surface area contributed by atoms with E-state index >= 15 is 0 Å². The zero-order valence-electron chi connectivity index (χ0n) is 41.4. The highest BCUT2D eigenvalue weighted by atomic mass is 19.1. The molecule has 2 aliphatic heterocycles. The molecule has 2 aliphatic carbocycles. The van der Waals surface area contributed by atoms with Crippen LogP contribution in [0.2, 0.25) is 0 Å². The summed E-state index contributed by atoms with van der Waals surface area (Å²) in [6, 6.07) is 28.7. The Balaban J connectivity index is 0.000000229. The van der Waals surface area contributed by atoms with Gasteiger partial charge in [-0.1, -0.05) is 131 Å². The summed E-state index contributed by atoms with van der Waals surface area (Å²) in [7, 11) is 0. The summed E-state index contributed by atoms with van der Waals surface area (Å²) in [5.41, 5.74) is 15.9. The van der Waals surface area contributed by atoms with E-state index in [2.05, 4.69) is 16.0 Å². The van der Waals surface area contributed by atoms with Crippen molar-refractivity contribution in [3.63, 3.8) is 0 Å². The highest BCUT2D eigenvalue weighted by Crippen LogP contribution is 2.45. The fourth-order valence-electron chi connectivity index (χ4n) is 10.9. The van der Waals surface area contributed by atoms with Crippen LogP contribution in [0.4, 0.5) is 15.8 Å². The van der Waals surface area contributed by atoms with Crippen molar-refractivity contribution in [2.45, 2.75) is 117 Å². The fraction of sp³-hybridized carbons (Fsp3) is 0.414. The Morgan fingerprint density at radius 3 is 1.76 bits per heavy atom. The zero-order valence-corrected chi connectivity index (χ0v) is 41.4. The molecule has 0 aromatic heterocycles. The Labute approximate surface area is 417 Å².